The van der Waals surface area contributed by atoms with Crippen LogP contribution >= 0.6 is 0 Å². The van der Waals surface area contributed by atoms with Gasteiger partial charge in [-0.15, -0.1) is 0 Å². The van der Waals surface area contributed by atoms with Gasteiger partial charge in [0.1, 0.15) is 5.82 Å². The van der Waals surface area contributed by atoms with Gasteiger partial charge in [0, 0.05) is 31.6 Å². The van der Waals surface area contributed by atoms with Crippen LogP contribution in [0.1, 0.15) is 56.4 Å². The summed E-state index contributed by atoms with van der Waals surface area (Å²) < 4.78 is 0. The number of nitrogens with zero attached hydrogens (tertiary/aromatic N) is 3. The summed E-state index contributed by atoms with van der Waals surface area (Å²) in [6.07, 6.45) is 0.953. The molecule has 0 aliphatic carbocycles. The molecule has 0 saturated carbocycles. The number of hydrogen-bond acceptors (Lipinski definition) is 4. The molecule has 1 aliphatic heterocycles. The molecule has 0 aromatic carbocycles. The molecule has 2 rings (SSSR count). The lowest BCUT2D eigenvalue weighted by Crippen LogP contribution is -2.26. The minimum atomic E-state index is 0.476. The number of hydrogen-bond donors (Lipinski definition) is 1. The van der Waals surface area contributed by atoms with E-state index in [1.807, 2.05) is 0 Å². The second kappa shape index (κ2) is 6.44. The predicted octanol–water partition coefficient (Wildman–Crippen LogP) is 2.09. The Morgan fingerprint density at radius 1 is 1.16 bits per heavy atom. The summed E-state index contributed by atoms with van der Waals surface area (Å²) in [4.78, 5) is 12.0. The maximum absolute atomic E-state index is 4.81. The van der Waals surface area contributed by atoms with Gasteiger partial charge in [0.05, 0.1) is 11.4 Å². The molecule has 4 nitrogen and oxygen atoms in total. The molecule has 1 aromatic rings. The lowest BCUT2D eigenvalue weighted by molar-refractivity contribution is 0.305. The van der Waals surface area contributed by atoms with Crippen molar-refractivity contribution in [2.45, 2.75) is 53.1 Å². The van der Waals surface area contributed by atoms with Gasteiger partial charge in [0.25, 0.3) is 0 Å². The average Bonchev–Trinajstić information content (AvgIpc) is 2.86. The first-order valence-corrected chi connectivity index (χ1v) is 7.47. The first-order valence-electron chi connectivity index (χ1n) is 7.47. The molecule has 0 radical (unpaired) electrons. The second-order valence-electron chi connectivity index (χ2n) is 5.49. The van der Waals surface area contributed by atoms with Crippen molar-refractivity contribution in [3.8, 4) is 0 Å². The van der Waals surface area contributed by atoms with Crippen LogP contribution in [0.25, 0.3) is 0 Å². The van der Waals surface area contributed by atoms with Crippen LogP contribution in [0, 0.1) is 0 Å². The predicted molar refractivity (Wildman–Crippen MR) is 78.2 cm³/mol. The quantitative estimate of drug-likeness (QED) is 0.852. The Morgan fingerprint density at radius 2 is 1.89 bits per heavy atom. The molecule has 1 aromatic heterocycles. The summed E-state index contributed by atoms with van der Waals surface area (Å²) >= 11 is 0. The zero-order valence-corrected chi connectivity index (χ0v) is 12.7. The summed E-state index contributed by atoms with van der Waals surface area (Å²) in [6, 6.07) is 0. The van der Waals surface area contributed by atoms with Gasteiger partial charge in [-0.1, -0.05) is 27.7 Å². The van der Waals surface area contributed by atoms with Crippen LogP contribution in [-0.2, 0) is 19.5 Å². The molecule has 2 heterocycles. The van der Waals surface area contributed by atoms with Gasteiger partial charge in [0.15, 0.2) is 0 Å². The molecule has 0 bridgehead atoms. The van der Waals surface area contributed by atoms with Crippen molar-refractivity contribution in [1.29, 1.82) is 0 Å². The first kappa shape index (κ1) is 14.4. The van der Waals surface area contributed by atoms with E-state index in [2.05, 4.69) is 37.9 Å². The Balaban J connectivity index is 2.16. The zero-order valence-electron chi connectivity index (χ0n) is 12.7. The van der Waals surface area contributed by atoms with E-state index < -0.39 is 0 Å². The highest BCUT2D eigenvalue weighted by molar-refractivity contribution is 5.31. The fraction of sp³-hybridized carbons (Fsp3) is 0.733. The molecule has 19 heavy (non-hydrogen) atoms. The van der Waals surface area contributed by atoms with E-state index in [4.69, 9.17) is 9.97 Å². The minimum absolute atomic E-state index is 0.476. The van der Waals surface area contributed by atoms with E-state index in [0.717, 1.165) is 45.0 Å². The molecule has 0 atom stereocenters. The van der Waals surface area contributed by atoms with Crippen molar-refractivity contribution in [1.82, 2.24) is 20.2 Å². The summed E-state index contributed by atoms with van der Waals surface area (Å²) in [5, 5.41) is 3.38. The monoisotopic (exact) mass is 262 g/mol. The highest BCUT2D eigenvalue weighted by atomic mass is 15.1. The first-order chi connectivity index (χ1) is 9.15. The average molecular weight is 262 g/mol. The summed E-state index contributed by atoms with van der Waals surface area (Å²) in [5.41, 5.74) is 3.79. The van der Waals surface area contributed by atoms with Crippen molar-refractivity contribution in [3.63, 3.8) is 0 Å². The van der Waals surface area contributed by atoms with Crippen molar-refractivity contribution in [2.75, 3.05) is 19.6 Å². The largest absolute Gasteiger partial charge is 0.307 e. The molecular formula is C15H26N4. The number of nitrogens with one attached hydrogen (secondary N) is 1. The fourth-order valence-corrected chi connectivity index (χ4v) is 2.63. The van der Waals surface area contributed by atoms with E-state index in [9.17, 15) is 0 Å². The van der Waals surface area contributed by atoms with Gasteiger partial charge >= 0.3 is 0 Å². The third kappa shape index (κ3) is 3.31. The Labute approximate surface area is 116 Å². The SMILES string of the molecule is CCN(CC)CCc1nc2c(c(C(C)C)n1)CNC2. The van der Waals surface area contributed by atoms with Crippen LogP contribution in [0.3, 0.4) is 0 Å². The van der Waals surface area contributed by atoms with Crippen LogP contribution in [0.2, 0.25) is 0 Å². The number of aromatic nitrogens is 2. The normalized spacial score (nSPS) is 14.4. The van der Waals surface area contributed by atoms with Crippen LogP contribution in [-0.4, -0.2) is 34.5 Å². The molecule has 1 N–H and O–H groups in total. The van der Waals surface area contributed by atoms with Crippen LogP contribution in [0.5, 0.6) is 0 Å². The molecule has 1 aliphatic rings. The van der Waals surface area contributed by atoms with E-state index in [1.54, 1.807) is 0 Å². The van der Waals surface area contributed by atoms with E-state index >= 15 is 0 Å². The van der Waals surface area contributed by atoms with Gasteiger partial charge in [-0.25, -0.2) is 9.97 Å². The Bertz CT molecular complexity index is 424. The van der Waals surface area contributed by atoms with Crippen molar-refractivity contribution in [3.05, 3.63) is 22.8 Å². The van der Waals surface area contributed by atoms with E-state index in [0.29, 0.717) is 5.92 Å². The highest BCUT2D eigenvalue weighted by Gasteiger charge is 2.20. The topological polar surface area (TPSA) is 41.1 Å². The van der Waals surface area contributed by atoms with Crippen molar-refractivity contribution in [2.24, 2.45) is 0 Å². The summed E-state index contributed by atoms with van der Waals surface area (Å²) in [6.45, 7) is 13.9. The number of fused-ring (bicyclic) bond motifs is 1. The second-order valence-corrected chi connectivity index (χ2v) is 5.49. The summed E-state index contributed by atoms with van der Waals surface area (Å²) in [7, 11) is 0. The van der Waals surface area contributed by atoms with Gasteiger partial charge in [-0.2, -0.15) is 0 Å². The molecular weight excluding hydrogens is 236 g/mol. The standard InChI is InChI=1S/C15H26N4/c1-5-19(6-2)8-7-14-17-13-10-16-9-12(13)15(18-14)11(3)4/h11,16H,5-10H2,1-4H3. The molecule has 0 amide bonds. The lowest BCUT2D eigenvalue weighted by atomic mass is 10.0. The molecule has 0 unspecified atom stereocenters. The Morgan fingerprint density at radius 3 is 2.53 bits per heavy atom. The molecule has 4 heteroatoms. The Kier molecular flexibility index (Phi) is 4.88. The van der Waals surface area contributed by atoms with Gasteiger partial charge < -0.3 is 10.2 Å². The van der Waals surface area contributed by atoms with Crippen molar-refractivity contribution >= 4 is 0 Å². The Hall–Kier alpha value is -1.00. The zero-order chi connectivity index (χ0) is 13.8. The number of rotatable bonds is 6. The van der Waals surface area contributed by atoms with E-state index in [1.165, 1.54) is 17.0 Å². The number of likely N-dealkylation sites (N-methyl/N-ethyl adjacent to an activating group) is 1. The highest BCUT2D eigenvalue weighted by Crippen LogP contribution is 2.23. The maximum atomic E-state index is 4.81. The molecule has 106 valence electrons. The third-order valence-electron chi connectivity index (χ3n) is 3.86. The summed E-state index contributed by atoms with van der Waals surface area (Å²) in [5.74, 6) is 1.49. The molecule has 0 saturated heterocycles. The van der Waals surface area contributed by atoms with Gasteiger partial charge in [-0.05, 0) is 19.0 Å². The molecule has 0 fully saturated rings. The smallest absolute Gasteiger partial charge is 0.130 e. The van der Waals surface area contributed by atoms with Crippen LogP contribution < -0.4 is 5.32 Å². The third-order valence-corrected chi connectivity index (χ3v) is 3.86. The van der Waals surface area contributed by atoms with Gasteiger partial charge in [0.2, 0.25) is 0 Å². The molecule has 0 spiro atoms. The maximum Gasteiger partial charge on any atom is 0.130 e. The van der Waals surface area contributed by atoms with Crippen molar-refractivity contribution < 1.29 is 0 Å². The minimum Gasteiger partial charge on any atom is -0.307 e. The van der Waals surface area contributed by atoms with E-state index in [-0.39, 0.29) is 0 Å². The van der Waals surface area contributed by atoms with Gasteiger partial charge in [-0.3, -0.25) is 0 Å². The van der Waals surface area contributed by atoms with Crippen LogP contribution in [0.15, 0.2) is 0 Å². The lowest BCUT2D eigenvalue weighted by Gasteiger charge is -2.18. The fourth-order valence-electron chi connectivity index (χ4n) is 2.63. The van der Waals surface area contributed by atoms with Crippen LogP contribution in [0.4, 0.5) is 0 Å².